The second kappa shape index (κ2) is 10.2. The van der Waals surface area contributed by atoms with E-state index in [1.807, 2.05) is 0 Å². The van der Waals surface area contributed by atoms with E-state index in [2.05, 4.69) is 15.4 Å². The Kier molecular flexibility index (Phi) is 7.38. The van der Waals surface area contributed by atoms with Gasteiger partial charge in [-0.2, -0.15) is 23.0 Å². The number of allylic oxidation sites excluding steroid dienone is 1. The summed E-state index contributed by atoms with van der Waals surface area (Å²) in [6.07, 6.45) is -1.46. The van der Waals surface area contributed by atoms with Crippen LogP contribution >= 0.6 is 0 Å². The average Bonchev–Trinajstić information content (AvgIpc) is 2.81. The first-order chi connectivity index (χ1) is 16.5. The number of nitrogens with two attached hydrogens (primary N) is 2. The zero-order chi connectivity index (χ0) is 25.8. The smallest absolute Gasteiger partial charge is 0.399 e. The van der Waals surface area contributed by atoms with E-state index in [9.17, 15) is 22.8 Å². The van der Waals surface area contributed by atoms with Crippen LogP contribution in [0.5, 0.6) is 0 Å². The van der Waals surface area contributed by atoms with Gasteiger partial charge in [0, 0.05) is 30.7 Å². The second-order valence-corrected chi connectivity index (χ2v) is 7.63. The van der Waals surface area contributed by atoms with Gasteiger partial charge in [-0.3, -0.25) is 14.6 Å². The number of hydrogen-bond acceptors (Lipinski definition) is 6. The van der Waals surface area contributed by atoms with Gasteiger partial charge < -0.3 is 16.8 Å². The largest absolute Gasteiger partial charge is 0.416 e. The van der Waals surface area contributed by atoms with Crippen molar-refractivity contribution in [3.8, 4) is 5.69 Å². The number of amides is 1. The Morgan fingerprint density at radius 3 is 2.60 bits per heavy atom. The number of rotatable bonds is 6. The molecule has 1 amide bonds. The molecule has 0 spiro atoms. The van der Waals surface area contributed by atoms with Crippen LogP contribution in [0.1, 0.15) is 40.1 Å². The summed E-state index contributed by atoms with van der Waals surface area (Å²) >= 11 is 0. The lowest BCUT2D eigenvalue weighted by atomic mass is 10.0. The zero-order valence-electron chi connectivity index (χ0n) is 18.9. The maximum Gasteiger partial charge on any atom is 0.416 e. The number of nitrogens with one attached hydrogen (secondary N) is 1. The number of hydrogen-bond donors (Lipinski definition) is 3. The van der Waals surface area contributed by atoms with Crippen LogP contribution in [-0.4, -0.2) is 28.9 Å². The molecule has 11 heteroatoms. The van der Waals surface area contributed by atoms with Crippen molar-refractivity contribution in [2.75, 3.05) is 12.8 Å². The molecule has 2 aromatic carbocycles. The molecule has 0 fully saturated rings. The molecule has 0 radical (unpaired) electrons. The first-order valence-corrected chi connectivity index (χ1v) is 10.4. The lowest BCUT2D eigenvalue weighted by Gasteiger charge is -2.17. The van der Waals surface area contributed by atoms with Crippen LogP contribution in [0.3, 0.4) is 0 Å². The van der Waals surface area contributed by atoms with E-state index in [1.54, 1.807) is 37.4 Å². The Bertz CT molecular complexity index is 1360. The number of carbonyl (C=O) groups excluding carboxylic acids is 1. The van der Waals surface area contributed by atoms with Crippen molar-refractivity contribution in [3.63, 3.8) is 0 Å². The number of halogens is 3. The van der Waals surface area contributed by atoms with Crippen molar-refractivity contribution >= 4 is 23.5 Å². The number of nitrogen functional groups attached to an aromatic ring is 1. The molecule has 1 atom stereocenters. The molecule has 0 saturated heterocycles. The number of aromatic nitrogens is 2. The highest BCUT2D eigenvalue weighted by atomic mass is 19.4. The summed E-state index contributed by atoms with van der Waals surface area (Å²) in [4.78, 5) is 29.1. The topological polar surface area (TPSA) is 128 Å². The van der Waals surface area contributed by atoms with Crippen LogP contribution in [0.15, 0.2) is 70.5 Å². The fourth-order valence-corrected chi connectivity index (χ4v) is 3.23. The average molecular weight is 484 g/mol. The highest BCUT2D eigenvalue weighted by Crippen LogP contribution is 2.32. The molecule has 0 aliphatic rings. The Balaban J connectivity index is 1.89. The fourth-order valence-electron chi connectivity index (χ4n) is 3.23. The monoisotopic (exact) mass is 484 g/mol. The molecule has 5 N–H and O–H groups in total. The highest BCUT2D eigenvalue weighted by molar-refractivity contribution is 5.92. The summed E-state index contributed by atoms with van der Waals surface area (Å²) < 4.78 is 40.4. The van der Waals surface area contributed by atoms with Crippen molar-refractivity contribution in [3.05, 3.63) is 93.4 Å². The van der Waals surface area contributed by atoms with Gasteiger partial charge in [-0.1, -0.05) is 12.1 Å². The molecule has 3 rings (SSSR count). The molecule has 0 bridgehead atoms. The van der Waals surface area contributed by atoms with Gasteiger partial charge in [0.15, 0.2) is 0 Å². The Labute approximate surface area is 198 Å². The van der Waals surface area contributed by atoms with Gasteiger partial charge >= 0.3 is 6.18 Å². The minimum absolute atomic E-state index is 0.0824. The van der Waals surface area contributed by atoms with Crippen LogP contribution in [0.25, 0.3) is 11.4 Å². The predicted molar refractivity (Wildman–Crippen MR) is 128 cm³/mol. The van der Waals surface area contributed by atoms with Gasteiger partial charge in [0.25, 0.3) is 11.5 Å². The molecule has 8 nitrogen and oxygen atoms in total. The van der Waals surface area contributed by atoms with Crippen LogP contribution in [-0.2, 0) is 6.18 Å². The second-order valence-electron chi connectivity index (χ2n) is 7.63. The normalized spacial score (nSPS) is 13.1. The standard InChI is InChI=1S/C24H23F3N6O2/c1-14(16-10-17(24(25,26)27)13-18(28)11-16)31-23(35)21-6-7-22(34)33(32-21)19-5-3-4-15(12-19)20(29)8-9-30-2/h3-14H,28-29H2,1-2H3,(H,31,35)/t14-/m1/s1. The summed E-state index contributed by atoms with van der Waals surface area (Å²) in [5, 5.41) is 6.71. The van der Waals surface area contributed by atoms with Crippen LogP contribution in [0, 0.1) is 0 Å². The van der Waals surface area contributed by atoms with E-state index in [1.165, 1.54) is 31.3 Å². The SMILES string of the molecule is CN=CC=C(N)c1cccc(-n2nc(C(=O)N[C@H](C)c3cc(N)cc(C(F)(F)F)c3)ccc2=O)c1. The van der Waals surface area contributed by atoms with E-state index in [-0.39, 0.29) is 16.9 Å². The van der Waals surface area contributed by atoms with Crippen molar-refractivity contribution < 1.29 is 18.0 Å². The number of anilines is 1. The van der Waals surface area contributed by atoms with E-state index in [4.69, 9.17) is 11.5 Å². The number of benzene rings is 2. The van der Waals surface area contributed by atoms with Crippen molar-refractivity contribution in [2.24, 2.45) is 10.7 Å². The lowest BCUT2D eigenvalue weighted by Crippen LogP contribution is -2.31. The summed E-state index contributed by atoms with van der Waals surface area (Å²) in [7, 11) is 1.60. The van der Waals surface area contributed by atoms with Crippen LogP contribution < -0.4 is 22.3 Å². The third-order valence-corrected chi connectivity index (χ3v) is 5.01. The zero-order valence-corrected chi connectivity index (χ0v) is 18.9. The molecule has 0 unspecified atom stereocenters. The van der Waals surface area contributed by atoms with E-state index in [0.29, 0.717) is 16.9 Å². The number of alkyl halides is 3. The third-order valence-electron chi connectivity index (χ3n) is 5.01. The summed E-state index contributed by atoms with van der Waals surface area (Å²) in [5.41, 5.74) is 11.6. The Hall–Kier alpha value is -4.41. The molecule has 1 heterocycles. The molecule has 0 saturated carbocycles. The highest BCUT2D eigenvalue weighted by Gasteiger charge is 2.31. The maximum absolute atomic E-state index is 13.1. The minimum Gasteiger partial charge on any atom is -0.399 e. The van der Waals surface area contributed by atoms with Crippen LogP contribution in [0.4, 0.5) is 18.9 Å². The summed E-state index contributed by atoms with van der Waals surface area (Å²) in [6, 6.07) is 11.3. The van der Waals surface area contributed by atoms with E-state index < -0.39 is 29.2 Å². The third kappa shape index (κ3) is 6.14. The van der Waals surface area contributed by atoms with Gasteiger partial charge in [-0.05, 0) is 60.5 Å². The van der Waals surface area contributed by atoms with Crippen molar-refractivity contribution in [1.29, 1.82) is 0 Å². The number of aliphatic imine (C=N–C) groups is 1. The molecular weight excluding hydrogens is 461 g/mol. The lowest BCUT2D eigenvalue weighted by molar-refractivity contribution is -0.137. The van der Waals surface area contributed by atoms with Crippen molar-refractivity contribution in [2.45, 2.75) is 19.1 Å². The van der Waals surface area contributed by atoms with Gasteiger partial charge in [-0.25, -0.2) is 0 Å². The Morgan fingerprint density at radius 2 is 1.91 bits per heavy atom. The fraction of sp³-hybridized carbons (Fsp3) is 0.167. The number of nitrogens with zero attached hydrogens (tertiary/aromatic N) is 3. The quantitative estimate of drug-likeness (QED) is 0.365. The first-order valence-electron chi connectivity index (χ1n) is 10.4. The first kappa shape index (κ1) is 25.2. The minimum atomic E-state index is -4.58. The predicted octanol–water partition coefficient (Wildman–Crippen LogP) is 3.32. The van der Waals surface area contributed by atoms with Gasteiger partial charge in [0.1, 0.15) is 5.69 Å². The molecule has 35 heavy (non-hydrogen) atoms. The van der Waals surface area contributed by atoms with Crippen LogP contribution in [0.2, 0.25) is 0 Å². The van der Waals surface area contributed by atoms with Crippen molar-refractivity contribution in [1.82, 2.24) is 15.1 Å². The van der Waals surface area contributed by atoms with E-state index >= 15 is 0 Å². The molecule has 3 aromatic rings. The van der Waals surface area contributed by atoms with Gasteiger partial charge in [-0.15, -0.1) is 0 Å². The molecular formula is C24H23F3N6O2. The molecule has 182 valence electrons. The van der Waals surface area contributed by atoms with Gasteiger partial charge in [0.2, 0.25) is 0 Å². The molecule has 0 aliphatic carbocycles. The van der Waals surface area contributed by atoms with Gasteiger partial charge in [0.05, 0.1) is 17.3 Å². The number of carbonyl (C=O) groups is 1. The molecule has 0 aliphatic heterocycles. The maximum atomic E-state index is 13.1. The summed E-state index contributed by atoms with van der Waals surface area (Å²) in [5.74, 6) is -0.683. The summed E-state index contributed by atoms with van der Waals surface area (Å²) in [6.45, 7) is 1.51. The molecule has 1 aromatic heterocycles. The Morgan fingerprint density at radius 1 is 1.17 bits per heavy atom. The van der Waals surface area contributed by atoms with E-state index in [0.717, 1.165) is 16.8 Å².